The molecule has 0 amide bonds. The predicted octanol–water partition coefficient (Wildman–Crippen LogP) is 3.06. The average molecular weight is 267 g/mol. The summed E-state index contributed by atoms with van der Waals surface area (Å²) in [5.41, 5.74) is 0.230. The second-order valence-electron chi connectivity index (χ2n) is 5.01. The molecule has 2 N–H and O–H groups in total. The highest BCUT2D eigenvalue weighted by molar-refractivity contribution is 5.59. The van der Waals surface area contributed by atoms with Gasteiger partial charge < -0.3 is 19.9 Å². The highest BCUT2D eigenvalue weighted by Gasteiger charge is 2.12. The first-order valence-corrected chi connectivity index (χ1v) is 6.82. The smallest absolute Gasteiger partial charge is 0.142 e. The third kappa shape index (κ3) is 5.83. The number of anilines is 1. The van der Waals surface area contributed by atoms with Crippen LogP contribution in [0, 0.1) is 0 Å². The van der Waals surface area contributed by atoms with Crippen molar-refractivity contribution in [3.63, 3.8) is 0 Å². The molecule has 0 fully saturated rings. The van der Waals surface area contributed by atoms with E-state index in [1.807, 2.05) is 32.0 Å². The minimum absolute atomic E-state index is 0.619. The Bertz CT molecular complexity index is 385. The van der Waals surface area contributed by atoms with Gasteiger partial charge in [-0.05, 0) is 46.2 Å². The van der Waals surface area contributed by atoms with E-state index < -0.39 is 5.60 Å². The van der Waals surface area contributed by atoms with E-state index in [9.17, 15) is 5.11 Å². The maximum Gasteiger partial charge on any atom is 0.142 e. The molecule has 4 nitrogen and oxygen atoms in total. The number of nitrogens with one attached hydrogen (secondary N) is 1. The molecule has 0 radical (unpaired) electrons. The molecule has 1 rings (SSSR count). The molecule has 0 saturated carbocycles. The molecule has 19 heavy (non-hydrogen) atoms. The van der Waals surface area contributed by atoms with Gasteiger partial charge in [-0.25, -0.2) is 0 Å². The van der Waals surface area contributed by atoms with Gasteiger partial charge in [0.1, 0.15) is 11.5 Å². The Labute approximate surface area is 115 Å². The zero-order valence-corrected chi connectivity index (χ0v) is 12.3. The molecule has 1 aromatic carbocycles. The van der Waals surface area contributed by atoms with Gasteiger partial charge >= 0.3 is 0 Å². The maximum atomic E-state index is 9.71. The van der Waals surface area contributed by atoms with Crippen molar-refractivity contribution < 1.29 is 14.6 Å². The van der Waals surface area contributed by atoms with Crippen molar-refractivity contribution in [1.82, 2.24) is 0 Å². The summed E-state index contributed by atoms with van der Waals surface area (Å²) in [4.78, 5) is 0. The van der Waals surface area contributed by atoms with Gasteiger partial charge in [-0.3, -0.25) is 0 Å². The summed E-state index contributed by atoms with van der Waals surface area (Å²) in [6.45, 7) is 9.45. The number of hydrogen-bond acceptors (Lipinski definition) is 4. The van der Waals surface area contributed by atoms with E-state index in [0.717, 1.165) is 17.2 Å². The number of hydrogen-bond donors (Lipinski definition) is 2. The van der Waals surface area contributed by atoms with Crippen LogP contribution in [-0.2, 0) is 0 Å². The van der Waals surface area contributed by atoms with Crippen LogP contribution in [0.25, 0.3) is 0 Å². The topological polar surface area (TPSA) is 50.7 Å². The molecule has 0 aliphatic carbocycles. The number of benzene rings is 1. The third-order valence-electron chi connectivity index (χ3n) is 2.61. The predicted molar refractivity (Wildman–Crippen MR) is 78.2 cm³/mol. The standard InChI is InChI=1S/C15H25NO3/c1-5-18-12-7-8-14(19-6-2)13(11-12)16-10-9-15(3,4)17/h7-8,11,16-17H,5-6,9-10H2,1-4H3. The maximum absolute atomic E-state index is 9.71. The van der Waals surface area contributed by atoms with Crippen molar-refractivity contribution in [2.24, 2.45) is 0 Å². The Kier molecular flexibility index (Phi) is 5.96. The summed E-state index contributed by atoms with van der Waals surface area (Å²) in [6.07, 6.45) is 0.664. The summed E-state index contributed by atoms with van der Waals surface area (Å²) in [5.74, 6) is 1.62. The van der Waals surface area contributed by atoms with Crippen molar-refractivity contribution in [2.45, 2.75) is 39.7 Å². The van der Waals surface area contributed by atoms with Crippen LogP contribution in [0.15, 0.2) is 18.2 Å². The molecule has 0 spiro atoms. The Hall–Kier alpha value is -1.42. The van der Waals surface area contributed by atoms with Crippen molar-refractivity contribution >= 4 is 5.69 Å². The third-order valence-corrected chi connectivity index (χ3v) is 2.61. The molecule has 0 aromatic heterocycles. The van der Waals surface area contributed by atoms with Crippen molar-refractivity contribution in [3.8, 4) is 11.5 Å². The monoisotopic (exact) mass is 267 g/mol. The lowest BCUT2D eigenvalue weighted by molar-refractivity contribution is 0.0748. The van der Waals surface area contributed by atoms with Crippen molar-refractivity contribution in [2.75, 3.05) is 25.1 Å². The fourth-order valence-corrected chi connectivity index (χ4v) is 1.69. The molecule has 0 bridgehead atoms. The van der Waals surface area contributed by atoms with Crippen LogP contribution in [0.1, 0.15) is 34.1 Å². The molecule has 1 aromatic rings. The fourth-order valence-electron chi connectivity index (χ4n) is 1.69. The lowest BCUT2D eigenvalue weighted by Gasteiger charge is -2.19. The summed E-state index contributed by atoms with van der Waals surface area (Å²) in [7, 11) is 0. The minimum atomic E-state index is -0.670. The molecular formula is C15H25NO3. The molecule has 0 aliphatic heterocycles. The SMILES string of the molecule is CCOc1ccc(OCC)c(NCCC(C)(C)O)c1. The summed E-state index contributed by atoms with van der Waals surface area (Å²) in [5, 5.41) is 13.0. The Morgan fingerprint density at radius 3 is 2.42 bits per heavy atom. The Morgan fingerprint density at radius 1 is 1.16 bits per heavy atom. The second kappa shape index (κ2) is 7.24. The van der Waals surface area contributed by atoms with Gasteiger partial charge in [0.05, 0.1) is 24.5 Å². The van der Waals surface area contributed by atoms with Gasteiger partial charge in [0.15, 0.2) is 0 Å². The highest BCUT2D eigenvalue weighted by Crippen LogP contribution is 2.29. The van der Waals surface area contributed by atoms with Crippen LogP contribution < -0.4 is 14.8 Å². The van der Waals surface area contributed by atoms with Gasteiger partial charge in [0, 0.05) is 12.6 Å². The summed E-state index contributed by atoms with van der Waals surface area (Å²) >= 11 is 0. The molecule has 108 valence electrons. The van der Waals surface area contributed by atoms with Crippen LogP contribution >= 0.6 is 0 Å². The van der Waals surface area contributed by atoms with Gasteiger partial charge in [-0.1, -0.05) is 0 Å². The molecular weight excluding hydrogens is 242 g/mol. The van der Waals surface area contributed by atoms with Gasteiger partial charge in [-0.15, -0.1) is 0 Å². The summed E-state index contributed by atoms with van der Waals surface area (Å²) in [6, 6.07) is 5.73. The number of rotatable bonds is 8. The first-order chi connectivity index (χ1) is 8.96. The highest BCUT2D eigenvalue weighted by atomic mass is 16.5. The van der Waals surface area contributed by atoms with E-state index in [0.29, 0.717) is 26.2 Å². The van der Waals surface area contributed by atoms with Gasteiger partial charge in [0.2, 0.25) is 0 Å². The Morgan fingerprint density at radius 2 is 1.84 bits per heavy atom. The lowest BCUT2D eigenvalue weighted by Crippen LogP contribution is -2.22. The summed E-state index contributed by atoms with van der Waals surface area (Å²) < 4.78 is 11.1. The fraction of sp³-hybridized carbons (Fsp3) is 0.600. The van der Waals surface area contributed by atoms with Crippen LogP contribution in [-0.4, -0.2) is 30.5 Å². The molecule has 4 heteroatoms. The zero-order chi connectivity index (χ0) is 14.3. The number of aliphatic hydroxyl groups is 1. The van der Waals surface area contributed by atoms with E-state index in [1.54, 1.807) is 13.8 Å². The molecule has 0 unspecified atom stereocenters. The quantitative estimate of drug-likeness (QED) is 0.760. The lowest BCUT2D eigenvalue weighted by atomic mass is 10.1. The van der Waals surface area contributed by atoms with Gasteiger partial charge in [0.25, 0.3) is 0 Å². The van der Waals surface area contributed by atoms with Crippen LogP contribution in [0.4, 0.5) is 5.69 Å². The second-order valence-corrected chi connectivity index (χ2v) is 5.01. The normalized spacial score (nSPS) is 11.2. The molecule has 0 aliphatic rings. The van der Waals surface area contributed by atoms with Crippen molar-refractivity contribution in [3.05, 3.63) is 18.2 Å². The first kappa shape index (κ1) is 15.6. The first-order valence-electron chi connectivity index (χ1n) is 6.82. The Balaban J connectivity index is 2.73. The molecule has 0 heterocycles. The van der Waals surface area contributed by atoms with Crippen LogP contribution in [0.3, 0.4) is 0 Å². The molecule has 0 saturated heterocycles. The molecule has 0 atom stereocenters. The van der Waals surface area contributed by atoms with Crippen LogP contribution in [0.2, 0.25) is 0 Å². The van der Waals surface area contributed by atoms with E-state index in [4.69, 9.17) is 9.47 Å². The minimum Gasteiger partial charge on any atom is -0.494 e. The zero-order valence-electron chi connectivity index (χ0n) is 12.3. The largest absolute Gasteiger partial charge is 0.494 e. The number of ether oxygens (including phenoxy) is 2. The van der Waals surface area contributed by atoms with Crippen LogP contribution in [0.5, 0.6) is 11.5 Å². The average Bonchev–Trinajstić information content (AvgIpc) is 2.31. The van der Waals surface area contributed by atoms with E-state index in [1.165, 1.54) is 0 Å². The van der Waals surface area contributed by atoms with Crippen molar-refractivity contribution in [1.29, 1.82) is 0 Å². The van der Waals surface area contributed by atoms with Gasteiger partial charge in [-0.2, -0.15) is 0 Å². The van der Waals surface area contributed by atoms with E-state index in [2.05, 4.69) is 5.32 Å². The van der Waals surface area contributed by atoms with E-state index in [-0.39, 0.29) is 0 Å². The van der Waals surface area contributed by atoms with E-state index >= 15 is 0 Å².